The summed E-state index contributed by atoms with van der Waals surface area (Å²) in [6, 6.07) is 7.04. The molecule has 6 nitrogen and oxygen atoms in total. The molecule has 1 aromatic rings. The number of rotatable bonds is 3. The molecule has 2 rings (SSSR count). The molecule has 1 aliphatic heterocycles. The third kappa shape index (κ3) is 4.72. The second-order valence-corrected chi connectivity index (χ2v) is 7.49. The molecule has 23 heavy (non-hydrogen) atoms. The summed E-state index contributed by atoms with van der Waals surface area (Å²) in [5.41, 5.74) is 0.0142. The number of carbonyl (C=O) groups is 3. The van der Waals surface area contributed by atoms with Crippen molar-refractivity contribution in [2.45, 2.75) is 44.0 Å². The minimum absolute atomic E-state index is 0.0430. The lowest BCUT2D eigenvalue weighted by atomic mass is 10.1. The van der Waals surface area contributed by atoms with Crippen LogP contribution in [0.25, 0.3) is 0 Å². The zero-order valence-electron chi connectivity index (χ0n) is 13.5. The molecule has 2 unspecified atom stereocenters. The zero-order valence-corrected chi connectivity index (χ0v) is 14.3. The van der Waals surface area contributed by atoms with Crippen LogP contribution in [-0.4, -0.2) is 28.8 Å². The average Bonchev–Trinajstić information content (AvgIpc) is 2.78. The van der Waals surface area contributed by atoms with E-state index in [1.165, 1.54) is 18.7 Å². The van der Waals surface area contributed by atoms with Gasteiger partial charge in [-0.25, -0.2) is 4.79 Å². The van der Waals surface area contributed by atoms with Crippen molar-refractivity contribution in [1.29, 1.82) is 0 Å². The second-order valence-electron chi connectivity index (χ2n) is 6.32. The molecule has 0 aromatic heterocycles. The fraction of sp³-hybridized carbons (Fsp3) is 0.438. The predicted molar refractivity (Wildman–Crippen MR) is 88.1 cm³/mol. The number of Topliss-reactive ketones (excluding diaryl/α,β-unsaturated/α-hetero) is 1. The normalized spacial score (nSPS) is 20.8. The number of ketones is 1. The minimum Gasteiger partial charge on any atom is -0.425 e. The molecule has 1 heterocycles. The molecule has 1 fully saturated rings. The van der Waals surface area contributed by atoms with Gasteiger partial charge in [-0.3, -0.25) is 9.59 Å². The Morgan fingerprint density at radius 3 is 2.61 bits per heavy atom. The maximum atomic E-state index is 12.0. The Balaban J connectivity index is 2.04. The number of hydrogen-bond acceptors (Lipinski definition) is 5. The molecule has 7 heteroatoms. The number of thioether (sulfide) groups is 1. The van der Waals surface area contributed by atoms with Gasteiger partial charge in [0.05, 0.1) is 0 Å². The van der Waals surface area contributed by atoms with Crippen molar-refractivity contribution in [3.63, 3.8) is 0 Å². The summed E-state index contributed by atoms with van der Waals surface area (Å²) in [6.45, 7) is 6.97. The van der Waals surface area contributed by atoms with Crippen LogP contribution in [-0.2, 0) is 9.53 Å². The second kappa shape index (κ2) is 6.62. The molecular weight excluding hydrogens is 316 g/mol. The van der Waals surface area contributed by atoms with Crippen LogP contribution >= 0.6 is 11.8 Å². The summed E-state index contributed by atoms with van der Waals surface area (Å²) < 4.78 is 5.16. The maximum Gasteiger partial charge on any atom is 0.409 e. The summed E-state index contributed by atoms with van der Waals surface area (Å²) in [5, 5.41) is 5.06. The number of nitrogens with one attached hydrogen (secondary N) is 2. The first kappa shape index (κ1) is 17.3. The van der Waals surface area contributed by atoms with Crippen molar-refractivity contribution in [3.8, 4) is 0 Å². The van der Waals surface area contributed by atoms with Gasteiger partial charge in [0.2, 0.25) is 5.44 Å². The smallest absolute Gasteiger partial charge is 0.409 e. The lowest BCUT2D eigenvalue weighted by Crippen LogP contribution is -2.43. The van der Waals surface area contributed by atoms with E-state index in [4.69, 9.17) is 4.74 Å². The van der Waals surface area contributed by atoms with Crippen molar-refractivity contribution in [2.75, 3.05) is 0 Å². The van der Waals surface area contributed by atoms with Crippen LogP contribution in [0.2, 0.25) is 0 Å². The Morgan fingerprint density at radius 2 is 2.00 bits per heavy atom. The van der Waals surface area contributed by atoms with Gasteiger partial charge in [-0.05, 0) is 39.3 Å². The summed E-state index contributed by atoms with van der Waals surface area (Å²) in [5.74, 6) is -0.407. The van der Waals surface area contributed by atoms with Crippen LogP contribution in [0.3, 0.4) is 0 Å². The quantitative estimate of drug-likeness (QED) is 0.829. The van der Waals surface area contributed by atoms with Crippen molar-refractivity contribution < 1.29 is 19.1 Å². The number of ether oxygens (including phenoxy) is 1. The van der Waals surface area contributed by atoms with E-state index in [9.17, 15) is 14.4 Å². The monoisotopic (exact) mass is 336 g/mol. The molecule has 0 saturated carbocycles. The highest BCUT2D eigenvalue weighted by molar-refractivity contribution is 8.01. The van der Waals surface area contributed by atoms with E-state index < -0.39 is 17.1 Å². The first-order valence-corrected chi connectivity index (χ1v) is 8.15. The van der Waals surface area contributed by atoms with Gasteiger partial charge in [0.15, 0.2) is 5.78 Å². The Kier molecular flexibility index (Phi) is 4.99. The van der Waals surface area contributed by atoms with Crippen LogP contribution in [0.15, 0.2) is 24.3 Å². The number of carbonyl (C=O) groups excluding carboxylic acids is 3. The highest BCUT2D eigenvalue weighted by Crippen LogP contribution is 2.36. The number of hydrogen-bond donors (Lipinski definition) is 2. The molecule has 1 aromatic carbocycles. The molecule has 0 radical (unpaired) electrons. The number of benzene rings is 1. The average molecular weight is 336 g/mol. The highest BCUT2D eigenvalue weighted by atomic mass is 32.2. The van der Waals surface area contributed by atoms with Gasteiger partial charge in [0.25, 0.3) is 5.91 Å². The standard InChI is InChI=1S/C16H20N2O4S/c1-9(19)10-6-5-7-11(8-10)13-17-12(20)14(23-13)22-15(21)18-16(2,3)4/h5-8,13-14H,1-4H3,(H,17,20)(H,18,21). The molecule has 124 valence electrons. The molecule has 0 aliphatic carbocycles. The van der Waals surface area contributed by atoms with Crippen LogP contribution in [0.4, 0.5) is 4.79 Å². The summed E-state index contributed by atoms with van der Waals surface area (Å²) in [6.07, 6.45) is -0.636. The van der Waals surface area contributed by atoms with Gasteiger partial charge < -0.3 is 15.4 Å². The topological polar surface area (TPSA) is 84.5 Å². The van der Waals surface area contributed by atoms with E-state index in [-0.39, 0.29) is 17.1 Å². The van der Waals surface area contributed by atoms with Gasteiger partial charge in [-0.15, -0.1) is 0 Å². The van der Waals surface area contributed by atoms with Gasteiger partial charge in [-0.2, -0.15) is 0 Å². The first-order valence-electron chi connectivity index (χ1n) is 7.21. The molecule has 2 amide bonds. The summed E-state index contributed by atoms with van der Waals surface area (Å²) in [7, 11) is 0. The first-order chi connectivity index (χ1) is 10.7. The van der Waals surface area contributed by atoms with Crippen LogP contribution in [0.5, 0.6) is 0 Å². The van der Waals surface area contributed by atoms with Crippen LogP contribution in [0.1, 0.15) is 49.0 Å². The Hall–Kier alpha value is -2.02. The van der Waals surface area contributed by atoms with Crippen molar-refractivity contribution in [1.82, 2.24) is 10.6 Å². The Morgan fingerprint density at radius 1 is 1.30 bits per heavy atom. The molecule has 2 atom stereocenters. The lowest BCUT2D eigenvalue weighted by Gasteiger charge is -2.21. The third-order valence-electron chi connectivity index (χ3n) is 3.03. The summed E-state index contributed by atoms with van der Waals surface area (Å²) in [4.78, 5) is 35.2. The highest BCUT2D eigenvalue weighted by Gasteiger charge is 2.37. The van der Waals surface area contributed by atoms with E-state index in [0.717, 1.165) is 5.56 Å². The van der Waals surface area contributed by atoms with E-state index >= 15 is 0 Å². The lowest BCUT2D eigenvalue weighted by molar-refractivity contribution is -0.124. The minimum atomic E-state index is -0.914. The van der Waals surface area contributed by atoms with E-state index in [1.807, 2.05) is 26.8 Å². The van der Waals surface area contributed by atoms with Crippen molar-refractivity contribution in [3.05, 3.63) is 35.4 Å². The van der Waals surface area contributed by atoms with Gasteiger partial charge in [-0.1, -0.05) is 30.0 Å². The largest absolute Gasteiger partial charge is 0.425 e. The molecule has 0 spiro atoms. The molecular formula is C16H20N2O4S. The fourth-order valence-corrected chi connectivity index (χ4v) is 3.08. The van der Waals surface area contributed by atoms with E-state index in [1.54, 1.807) is 18.2 Å². The van der Waals surface area contributed by atoms with Crippen molar-refractivity contribution in [2.24, 2.45) is 0 Å². The molecule has 1 saturated heterocycles. The number of amides is 2. The Bertz CT molecular complexity index is 639. The van der Waals surface area contributed by atoms with Gasteiger partial charge in [0.1, 0.15) is 5.37 Å². The molecule has 0 bridgehead atoms. The predicted octanol–water partition coefficient (Wildman–Crippen LogP) is 2.60. The third-order valence-corrected chi connectivity index (χ3v) is 4.25. The fourth-order valence-electron chi connectivity index (χ4n) is 2.01. The summed E-state index contributed by atoms with van der Waals surface area (Å²) >= 11 is 1.19. The van der Waals surface area contributed by atoms with Gasteiger partial charge in [0, 0.05) is 11.1 Å². The van der Waals surface area contributed by atoms with E-state index in [2.05, 4.69) is 10.6 Å². The number of alkyl carbamates (subject to hydrolysis) is 1. The molecule has 2 N–H and O–H groups in total. The Labute approximate surface area is 139 Å². The van der Waals surface area contributed by atoms with Crippen LogP contribution in [0, 0.1) is 0 Å². The van der Waals surface area contributed by atoms with E-state index in [0.29, 0.717) is 5.56 Å². The molecule has 1 aliphatic rings. The van der Waals surface area contributed by atoms with Gasteiger partial charge >= 0.3 is 6.09 Å². The van der Waals surface area contributed by atoms with Crippen LogP contribution < -0.4 is 10.6 Å². The van der Waals surface area contributed by atoms with Crippen molar-refractivity contribution >= 4 is 29.5 Å². The SMILES string of the molecule is CC(=O)c1cccc(C2NC(=O)C(OC(=O)NC(C)(C)C)S2)c1. The zero-order chi connectivity index (χ0) is 17.2. The maximum absolute atomic E-state index is 12.0.